The first kappa shape index (κ1) is 8.33. The van der Waals surface area contributed by atoms with Crippen LogP contribution < -0.4 is 11.5 Å². The van der Waals surface area contributed by atoms with Gasteiger partial charge in [-0.3, -0.25) is 0 Å². The molecule has 1 rings (SSSR count). The Kier molecular flexibility index (Phi) is 2.34. The molecule has 2 amide bonds. The van der Waals surface area contributed by atoms with Crippen LogP contribution in [0.25, 0.3) is 0 Å². The van der Waals surface area contributed by atoms with E-state index in [1.165, 1.54) is 0 Å². The number of carbonyl (C=O) groups is 1. The molecule has 0 aliphatic carbocycles. The highest BCUT2D eigenvalue weighted by molar-refractivity contribution is 5.72. The molecule has 64 valence electrons. The third-order valence-electron chi connectivity index (χ3n) is 2.33. The van der Waals surface area contributed by atoms with Crippen LogP contribution in [0.15, 0.2) is 0 Å². The number of likely N-dealkylation sites (tertiary alicyclic amines) is 1. The maximum atomic E-state index is 10.7. The molecule has 4 nitrogen and oxygen atoms in total. The SMILES string of the molecule is CC1CCN(C(N)=O)CC1N. The van der Waals surface area contributed by atoms with E-state index in [2.05, 4.69) is 6.92 Å². The molecule has 0 spiro atoms. The summed E-state index contributed by atoms with van der Waals surface area (Å²) in [5.74, 6) is 0.505. The number of piperidine rings is 1. The zero-order valence-corrected chi connectivity index (χ0v) is 6.79. The van der Waals surface area contributed by atoms with E-state index in [9.17, 15) is 4.79 Å². The summed E-state index contributed by atoms with van der Waals surface area (Å²) >= 11 is 0. The maximum absolute atomic E-state index is 10.7. The van der Waals surface area contributed by atoms with E-state index in [0.29, 0.717) is 12.5 Å². The Labute approximate surface area is 66.5 Å². The predicted octanol–water partition coefficient (Wildman–Crippen LogP) is -0.266. The molecule has 0 aromatic rings. The fourth-order valence-corrected chi connectivity index (χ4v) is 1.30. The van der Waals surface area contributed by atoms with Gasteiger partial charge in [-0.2, -0.15) is 0 Å². The van der Waals surface area contributed by atoms with E-state index in [0.717, 1.165) is 13.0 Å². The Hall–Kier alpha value is -0.770. The lowest BCUT2D eigenvalue weighted by Gasteiger charge is -2.33. The number of hydrogen-bond donors (Lipinski definition) is 2. The lowest BCUT2D eigenvalue weighted by Crippen LogP contribution is -2.51. The minimum atomic E-state index is -0.354. The zero-order valence-electron chi connectivity index (χ0n) is 6.79. The third-order valence-corrected chi connectivity index (χ3v) is 2.33. The molecule has 4 N–H and O–H groups in total. The van der Waals surface area contributed by atoms with Crippen LogP contribution in [-0.4, -0.2) is 30.1 Å². The second-order valence-corrected chi connectivity index (χ2v) is 3.21. The molecule has 4 heteroatoms. The number of amides is 2. The van der Waals surface area contributed by atoms with Gasteiger partial charge >= 0.3 is 6.03 Å². The van der Waals surface area contributed by atoms with E-state index < -0.39 is 0 Å². The van der Waals surface area contributed by atoms with Crippen LogP contribution in [0.4, 0.5) is 4.79 Å². The van der Waals surface area contributed by atoms with Crippen LogP contribution in [-0.2, 0) is 0 Å². The number of primary amides is 1. The van der Waals surface area contributed by atoms with Crippen molar-refractivity contribution < 1.29 is 4.79 Å². The monoisotopic (exact) mass is 157 g/mol. The Balaban J connectivity index is 2.46. The van der Waals surface area contributed by atoms with Gasteiger partial charge in [0.25, 0.3) is 0 Å². The summed E-state index contributed by atoms with van der Waals surface area (Å²) in [6.45, 7) is 3.46. The number of hydrogen-bond acceptors (Lipinski definition) is 2. The van der Waals surface area contributed by atoms with Gasteiger partial charge in [0, 0.05) is 19.1 Å². The quantitative estimate of drug-likeness (QED) is 0.508. The van der Waals surface area contributed by atoms with E-state index >= 15 is 0 Å². The molecule has 11 heavy (non-hydrogen) atoms. The van der Waals surface area contributed by atoms with Crippen molar-refractivity contribution in [2.24, 2.45) is 17.4 Å². The van der Waals surface area contributed by atoms with Crippen molar-refractivity contribution >= 4 is 6.03 Å². The molecule has 1 saturated heterocycles. The normalized spacial score (nSPS) is 32.0. The van der Waals surface area contributed by atoms with Crippen molar-refractivity contribution in [1.29, 1.82) is 0 Å². The number of carbonyl (C=O) groups excluding carboxylic acids is 1. The van der Waals surface area contributed by atoms with Crippen molar-refractivity contribution in [2.75, 3.05) is 13.1 Å². The van der Waals surface area contributed by atoms with Gasteiger partial charge in [-0.1, -0.05) is 6.92 Å². The first-order chi connectivity index (χ1) is 5.11. The molecule has 1 fully saturated rings. The van der Waals surface area contributed by atoms with E-state index in [1.807, 2.05) is 0 Å². The second kappa shape index (κ2) is 3.09. The second-order valence-electron chi connectivity index (χ2n) is 3.21. The zero-order chi connectivity index (χ0) is 8.43. The van der Waals surface area contributed by atoms with Gasteiger partial charge in [-0.25, -0.2) is 4.79 Å². The molecule has 2 atom stereocenters. The molecule has 0 aromatic carbocycles. The highest BCUT2D eigenvalue weighted by Crippen LogP contribution is 2.14. The molecule has 0 bridgehead atoms. The lowest BCUT2D eigenvalue weighted by atomic mass is 9.95. The fraction of sp³-hybridized carbons (Fsp3) is 0.857. The van der Waals surface area contributed by atoms with Crippen LogP contribution in [0.5, 0.6) is 0 Å². The summed E-state index contributed by atoms with van der Waals surface area (Å²) in [6, 6.07) is -0.261. The van der Waals surface area contributed by atoms with Crippen LogP contribution >= 0.6 is 0 Å². The van der Waals surface area contributed by atoms with Crippen LogP contribution in [0.3, 0.4) is 0 Å². The maximum Gasteiger partial charge on any atom is 0.314 e. The van der Waals surface area contributed by atoms with Crippen molar-refractivity contribution in [3.05, 3.63) is 0 Å². The Morgan fingerprint density at radius 2 is 2.27 bits per heavy atom. The lowest BCUT2D eigenvalue weighted by molar-refractivity contribution is 0.171. The first-order valence-corrected chi connectivity index (χ1v) is 3.91. The molecule has 1 aliphatic heterocycles. The summed E-state index contributed by atoms with van der Waals surface area (Å²) in [6.07, 6.45) is 0.962. The summed E-state index contributed by atoms with van der Waals surface area (Å²) in [4.78, 5) is 12.3. The minimum absolute atomic E-state index is 0.0937. The van der Waals surface area contributed by atoms with Gasteiger partial charge in [-0.15, -0.1) is 0 Å². The first-order valence-electron chi connectivity index (χ1n) is 3.91. The number of nitrogens with zero attached hydrogens (tertiary/aromatic N) is 1. The third kappa shape index (κ3) is 1.83. The van der Waals surface area contributed by atoms with Crippen molar-refractivity contribution in [3.63, 3.8) is 0 Å². The van der Waals surface area contributed by atoms with Crippen LogP contribution in [0.2, 0.25) is 0 Å². The molecule has 1 heterocycles. The average Bonchev–Trinajstić information content (AvgIpc) is 1.94. The summed E-state index contributed by atoms with van der Waals surface area (Å²) < 4.78 is 0. The topological polar surface area (TPSA) is 72.3 Å². The van der Waals surface area contributed by atoms with Gasteiger partial charge in [0.1, 0.15) is 0 Å². The molecular weight excluding hydrogens is 142 g/mol. The van der Waals surface area contributed by atoms with Crippen LogP contribution in [0, 0.1) is 5.92 Å². The molecule has 0 aromatic heterocycles. The highest BCUT2D eigenvalue weighted by atomic mass is 16.2. The Morgan fingerprint density at radius 1 is 1.64 bits per heavy atom. The van der Waals surface area contributed by atoms with E-state index in [4.69, 9.17) is 11.5 Å². The average molecular weight is 157 g/mol. The predicted molar refractivity (Wildman–Crippen MR) is 42.9 cm³/mol. The number of rotatable bonds is 0. The standard InChI is InChI=1S/C7H15N3O/c1-5-2-3-10(7(9)11)4-6(5)8/h5-6H,2-4,8H2,1H3,(H2,9,11). The largest absolute Gasteiger partial charge is 0.351 e. The molecule has 2 unspecified atom stereocenters. The van der Waals surface area contributed by atoms with Gasteiger partial charge in [0.05, 0.1) is 0 Å². The van der Waals surface area contributed by atoms with Gasteiger partial charge < -0.3 is 16.4 Å². The molecular formula is C7H15N3O. The smallest absolute Gasteiger partial charge is 0.314 e. The summed E-state index contributed by atoms with van der Waals surface area (Å²) in [7, 11) is 0. The molecule has 0 saturated carbocycles. The van der Waals surface area contributed by atoms with Gasteiger partial charge in [0.15, 0.2) is 0 Å². The van der Waals surface area contributed by atoms with Crippen LogP contribution in [0.1, 0.15) is 13.3 Å². The Bertz CT molecular complexity index is 160. The fourth-order valence-electron chi connectivity index (χ4n) is 1.30. The minimum Gasteiger partial charge on any atom is -0.351 e. The van der Waals surface area contributed by atoms with Crippen molar-refractivity contribution in [1.82, 2.24) is 4.90 Å². The van der Waals surface area contributed by atoms with Gasteiger partial charge in [0.2, 0.25) is 0 Å². The molecule has 1 aliphatic rings. The summed E-state index contributed by atoms with van der Waals surface area (Å²) in [5.41, 5.74) is 10.9. The van der Waals surface area contributed by atoms with Gasteiger partial charge in [-0.05, 0) is 12.3 Å². The number of nitrogens with two attached hydrogens (primary N) is 2. The van der Waals surface area contributed by atoms with E-state index in [-0.39, 0.29) is 12.1 Å². The highest BCUT2D eigenvalue weighted by Gasteiger charge is 2.24. The number of urea groups is 1. The van der Waals surface area contributed by atoms with Crippen molar-refractivity contribution in [3.8, 4) is 0 Å². The Morgan fingerprint density at radius 3 is 2.73 bits per heavy atom. The van der Waals surface area contributed by atoms with Crippen molar-refractivity contribution in [2.45, 2.75) is 19.4 Å². The summed E-state index contributed by atoms with van der Waals surface area (Å²) in [5, 5.41) is 0. The molecule has 0 radical (unpaired) electrons. The van der Waals surface area contributed by atoms with E-state index in [1.54, 1.807) is 4.90 Å².